The van der Waals surface area contributed by atoms with Crippen LogP contribution in [0.25, 0.3) is 5.69 Å². The van der Waals surface area contributed by atoms with Crippen molar-refractivity contribution in [2.45, 2.75) is 32.4 Å². The number of piperidine rings is 1. The first-order chi connectivity index (χ1) is 10.6. The average molecular weight is 302 g/mol. The zero-order valence-corrected chi connectivity index (χ0v) is 13.0. The first-order valence-electron chi connectivity index (χ1n) is 7.90. The van der Waals surface area contributed by atoms with Gasteiger partial charge in [-0.3, -0.25) is 4.90 Å². The van der Waals surface area contributed by atoms with E-state index in [4.69, 9.17) is 5.73 Å². The summed E-state index contributed by atoms with van der Waals surface area (Å²) in [6.45, 7) is 5.07. The van der Waals surface area contributed by atoms with Crippen LogP contribution in [-0.4, -0.2) is 33.8 Å². The number of halogens is 1. The van der Waals surface area contributed by atoms with Gasteiger partial charge in [-0.25, -0.2) is 9.07 Å². The van der Waals surface area contributed by atoms with E-state index in [0.29, 0.717) is 5.92 Å². The van der Waals surface area contributed by atoms with E-state index in [1.807, 2.05) is 10.7 Å². The molecule has 2 unspecified atom stereocenters. The molecular formula is C17H23FN4. The molecule has 0 saturated carbocycles. The molecule has 1 fully saturated rings. The van der Waals surface area contributed by atoms with Crippen LogP contribution < -0.4 is 5.73 Å². The summed E-state index contributed by atoms with van der Waals surface area (Å²) < 4.78 is 15.0. The van der Waals surface area contributed by atoms with E-state index in [0.717, 1.165) is 31.0 Å². The van der Waals surface area contributed by atoms with Crippen molar-refractivity contribution >= 4 is 0 Å². The van der Waals surface area contributed by atoms with Gasteiger partial charge in [-0.05, 0) is 62.6 Å². The Bertz CT molecular complexity index is 605. The lowest BCUT2D eigenvalue weighted by atomic mass is 9.92. The second kappa shape index (κ2) is 6.58. The van der Waals surface area contributed by atoms with Crippen molar-refractivity contribution in [2.24, 2.45) is 11.7 Å². The molecule has 1 aliphatic rings. The van der Waals surface area contributed by atoms with Gasteiger partial charge < -0.3 is 5.73 Å². The molecule has 2 N–H and O–H groups in total. The van der Waals surface area contributed by atoms with E-state index >= 15 is 0 Å². The number of nitrogens with zero attached hydrogens (tertiary/aromatic N) is 3. The Labute approximate surface area is 130 Å². The third-order valence-corrected chi connectivity index (χ3v) is 4.46. The summed E-state index contributed by atoms with van der Waals surface area (Å²) in [5, 5.41) is 4.38. The second-order valence-corrected chi connectivity index (χ2v) is 6.21. The number of aromatic nitrogens is 2. The average Bonchev–Trinajstić information content (AvgIpc) is 2.96. The predicted molar refractivity (Wildman–Crippen MR) is 85.2 cm³/mol. The highest BCUT2D eigenvalue weighted by Gasteiger charge is 2.23. The van der Waals surface area contributed by atoms with E-state index in [1.54, 1.807) is 18.3 Å². The summed E-state index contributed by atoms with van der Waals surface area (Å²) in [4.78, 5) is 2.44. The highest BCUT2D eigenvalue weighted by Crippen LogP contribution is 2.21. The van der Waals surface area contributed by atoms with E-state index in [1.165, 1.54) is 25.0 Å². The van der Waals surface area contributed by atoms with Gasteiger partial charge in [0.15, 0.2) is 0 Å². The number of hydrogen-bond donors (Lipinski definition) is 1. The topological polar surface area (TPSA) is 47.1 Å². The molecule has 0 amide bonds. The molecule has 0 radical (unpaired) electrons. The zero-order chi connectivity index (χ0) is 15.5. The molecule has 5 heteroatoms. The van der Waals surface area contributed by atoms with E-state index in [2.05, 4.69) is 16.9 Å². The largest absolute Gasteiger partial charge is 0.328 e. The van der Waals surface area contributed by atoms with Crippen LogP contribution in [0.15, 0.2) is 36.5 Å². The Morgan fingerprint density at radius 3 is 2.82 bits per heavy atom. The molecule has 1 aromatic heterocycles. The molecule has 2 aromatic rings. The van der Waals surface area contributed by atoms with Gasteiger partial charge in [-0.2, -0.15) is 5.10 Å². The second-order valence-electron chi connectivity index (χ2n) is 6.21. The summed E-state index contributed by atoms with van der Waals surface area (Å²) in [7, 11) is 0. The van der Waals surface area contributed by atoms with Gasteiger partial charge in [0.25, 0.3) is 0 Å². The molecule has 0 aliphatic carbocycles. The van der Waals surface area contributed by atoms with Gasteiger partial charge in [0, 0.05) is 25.3 Å². The molecule has 118 valence electrons. The van der Waals surface area contributed by atoms with Crippen LogP contribution in [0.3, 0.4) is 0 Å². The standard InChI is InChI=1S/C17H23FN4/c1-13(19)14-3-2-10-21(11-14)12-17-8-9-20-22(17)16-6-4-15(18)5-7-16/h4-9,13-14H,2-3,10-12,19H2,1H3. The van der Waals surface area contributed by atoms with Crippen molar-refractivity contribution in [3.63, 3.8) is 0 Å². The van der Waals surface area contributed by atoms with E-state index < -0.39 is 0 Å². The molecule has 1 aliphatic heterocycles. The maximum Gasteiger partial charge on any atom is 0.123 e. The van der Waals surface area contributed by atoms with Crippen molar-refractivity contribution in [1.82, 2.24) is 14.7 Å². The van der Waals surface area contributed by atoms with Crippen LogP contribution in [0.2, 0.25) is 0 Å². The first kappa shape index (κ1) is 15.2. The fourth-order valence-electron chi connectivity index (χ4n) is 3.16. The lowest BCUT2D eigenvalue weighted by molar-refractivity contribution is 0.152. The summed E-state index contributed by atoms with van der Waals surface area (Å²) in [5.41, 5.74) is 8.07. The highest BCUT2D eigenvalue weighted by atomic mass is 19.1. The van der Waals surface area contributed by atoms with Crippen LogP contribution in [0.4, 0.5) is 4.39 Å². The van der Waals surface area contributed by atoms with Crippen LogP contribution in [-0.2, 0) is 6.54 Å². The van der Waals surface area contributed by atoms with Crippen LogP contribution in [0.1, 0.15) is 25.5 Å². The Hall–Kier alpha value is -1.72. The van der Waals surface area contributed by atoms with Crippen LogP contribution in [0, 0.1) is 11.7 Å². The summed E-state index contributed by atoms with van der Waals surface area (Å²) in [5.74, 6) is 0.337. The number of rotatable bonds is 4. The number of likely N-dealkylation sites (tertiary alicyclic amines) is 1. The number of benzene rings is 1. The third-order valence-electron chi connectivity index (χ3n) is 4.46. The molecular weight excluding hydrogens is 279 g/mol. The summed E-state index contributed by atoms with van der Waals surface area (Å²) >= 11 is 0. The molecule has 1 aromatic carbocycles. The molecule has 1 saturated heterocycles. The SMILES string of the molecule is CC(N)C1CCCN(Cc2ccnn2-c2ccc(F)cc2)C1. The molecule has 2 heterocycles. The molecule has 3 rings (SSSR count). The number of nitrogens with two attached hydrogens (primary N) is 1. The maximum atomic E-state index is 13.1. The Kier molecular flexibility index (Phi) is 4.55. The quantitative estimate of drug-likeness (QED) is 0.944. The molecule has 0 spiro atoms. The van der Waals surface area contributed by atoms with Crippen LogP contribution in [0.5, 0.6) is 0 Å². The minimum Gasteiger partial charge on any atom is -0.328 e. The number of hydrogen-bond acceptors (Lipinski definition) is 3. The first-order valence-corrected chi connectivity index (χ1v) is 7.90. The van der Waals surface area contributed by atoms with Gasteiger partial charge in [-0.15, -0.1) is 0 Å². The normalized spacial score (nSPS) is 21.0. The van der Waals surface area contributed by atoms with Crippen molar-refractivity contribution in [3.05, 3.63) is 48.0 Å². The summed E-state index contributed by atoms with van der Waals surface area (Å²) in [6, 6.07) is 8.71. The third kappa shape index (κ3) is 3.36. The summed E-state index contributed by atoms with van der Waals surface area (Å²) in [6.07, 6.45) is 4.20. The zero-order valence-electron chi connectivity index (χ0n) is 13.0. The fourth-order valence-corrected chi connectivity index (χ4v) is 3.16. The minimum absolute atomic E-state index is 0.228. The van der Waals surface area contributed by atoms with Gasteiger partial charge in [0.2, 0.25) is 0 Å². The Morgan fingerprint density at radius 1 is 1.32 bits per heavy atom. The van der Waals surface area contributed by atoms with E-state index in [-0.39, 0.29) is 11.9 Å². The minimum atomic E-state index is -0.228. The molecule has 2 atom stereocenters. The van der Waals surface area contributed by atoms with Crippen molar-refractivity contribution in [1.29, 1.82) is 0 Å². The van der Waals surface area contributed by atoms with E-state index in [9.17, 15) is 4.39 Å². The maximum absolute atomic E-state index is 13.1. The van der Waals surface area contributed by atoms with Gasteiger partial charge in [0.1, 0.15) is 5.82 Å². The van der Waals surface area contributed by atoms with Crippen molar-refractivity contribution < 1.29 is 4.39 Å². The van der Waals surface area contributed by atoms with Crippen LogP contribution >= 0.6 is 0 Å². The Balaban J connectivity index is 1.74. The van der Waals surface area contributed by atoms with Crippen molar-refractivity contribution in [3.8, 4) is 5.69 Å². The Morgan fingerprint density at radius 2 is 2.09 bits per heavy atom. The lowest BCUT2D eigenvalue weighted by Gasteiger charge is -2.34. The molecule has 4 nitrogen and oxygen atoms in total. The molecule has 22 heavy (non-hydrogen) atoms. The predicted octanol–water partition coefficient (Wildman–Crippen LogP) is 2.57. The lowest BCUT2D eigenvalue weighted by Crippen LogP contribution is -2.42. The van der Waals surface area contributed by atoms with Gasteiger partial charge in [-0.1, -0.05) is 0 Å². The highest BCUT2D eigenvalue weighted by molar-refractivity contribution is 5.32. The monoisotopic (exact) mass is 302 g/mol. The fraction of sp³-hybridized carbons (Fsp3) is 0.471. The van der Waals surface area contributed by atoms with Gasteiger partial charge in [0.05, 0.1) is 11.4 Å². The smallest absolute Gasteiger partial charge is 0.123 e. The molecule has 0 bridgehead atoms. The van der Waals surface area contributed by atoms with Crippen molar-refractivity contribution in [2.75, 3.05) is 13.1 Å². The van der Waals surface area contributed by atoms with Gasteiger partial charge >= 0.3 is 0 Å².